The van der Waals surface area contributed by atoms with E-state index < -0.39 is 0 Å². The number of anilines is 1. The van der Waals surface area contributed by atoms with Gasteiger partial charge in [0.1, 0.15) is 5.75 Å². The first-order valence-electron chi connectivity index (χ1n) is 7.25. The van der Waals surface area contributed by atoms with Gasteiger partial charge in [-0.2, -0.15) is 0 Å². The van der Waals surface area contributed by atoms with Crippen LogP contribution in [0.25, 0.3) is 0 Å². The molecule has 1 heterocycles. The van der Waals surface area contributed by atoms with Crippen molar-refractivity contribution in [2.24, 2.45) is 5.92 Å². The quantitative estimate of drug-likeness (QED) is 0.804. The molecule has 116 valence electrons. The van der Waals surface area contributed by atoms with E-state index >= 15 is 0 Å². The van der Waals surface area contributed by atoms with Gasteiger partial charge in [0.05, 0.1) is 12.3 Å². The minimum absolute atomic E-state index is 0.161. The lowest BCUT2D eigenvalue weighted by molar-refractivity contribution is 0.0950. The Hall–Kier alpha value is -2.56. The summed E-state index contributed by atoms with van der Waals surface area (Å²) >= 11 is 0. The fraction of sp³-hybridized carbons (Fsp3) is 0.294. The number of carbonyl (C=O) groups is 1. The molecule has 0 fully saturated rings. The van der Waals surface area contributed by atoms with Gasteiger partial charge < -0.3 is 15.8 Å². The van der Waals surface area contributed by atoms with E-state index in [0.29, 0.717) is 36.1 Å². The van der Waals surface area contributed by atoms with E-state index in [1.54, 1.807) is 30.6 Å². The van der Waals surface area contributed by atoms with Crippen molar-refractivity contribution in [3.05, 3.63) is 53.9 Å². The zero-order chi connectivity index (χ0) is 15.9. The van der Waals surface area contributed by atoms with Crippen LogP contribution in [0.2, 0.25) is 0 Å². The topological polar surface area (TPSA) is 77.2 Å². The molecule has 22 heavy (non-hydrogen) atoms. The van der Waals surface area contributed by atoms with Crippen LogP contribution < -0.4 is 15.8 Å². The Morgan fingerprint density at radius 3 is 2.68 bits per heavy atom. The predicted molar refractivity (Wildman–Crippen MR) is 86.6 cm³/mol. The summed E-state index contributed by atoms with van der Waals surface area (Å²) in [6.45, 7) is 5.13. The lowest BCUT2D eigenvalue weighted by Gasteiger charge is -2.12. The predicted octanol–water partition coefficient (Wildman–Crippen LogP) is 2.63. The number of carbonyl (C=O) groups excluding carboxylic acids is 1. The van der Waals surface area contributed by atoms with Crippen molar-refractivity contribution in [1.29, 1.82) is 0 Å². The number of aromatic nitrogens is 1. The zero-order valence-electron chi connectivity index (χ0n) is 12.9. The van der Waals surface area contributed by atoms with Crippen LogP contribution in [0, 0.1) is 5.92 Å². The second kappa shape index (κ2) is 7.45. The van der Waals surface area contributed by atoms with E-state index in [4.69, 9.17) is 10.5 Å². The van der Waals surface area contributed by atoms with Crippen molar-refractivity contribution in [3.63, 3.8) is 0 Å². The Labute approximate surface area is 130 Å². The smallest absolute Gasteiger partial charge is 0.251 e. The summed E-state index contributed by atoms with van der Waals surface area (Å²) in [5.41, 5.74) is 7.94. The molecule has 0 spiro atoms. The van der Waals surface area contributed by atoms with E-state index in [1.807, 2.05) is 12.1 Å². The number of pyridine rings is 1. The lowest BCUT2D eigenvalue weighted by Crippen LogP contribution is -2.23. The van der Waals surface area contributed by atoms with Gasteiger partial charge >= 0.3 is 0 Å². The molecule has 0 aliphatic rings. The molecule has 0 unspecified atom stereocenters. The van der Waals surface area contributed by atoms with Gasteiger partial charge in [0.25, 0.3) is 5.91 Å². The molecule has 0 aliphatic heterocycles. The third-order valence-electron chi connectivity index (χ3n) is 3.05. The summed E-state index contributed by atoms with van der Waals surface area (Å²) in [6.07, 6.45) is 3.39. The number of nitrogens with one attached hydrogen (secondary N) is 1. The Kier molecular flexibility index (Phi) is 5.36. The number of amides is 1. The van der Waals surface area contributed by atoms with Gasteiger partial charge in [-0.15, -0.1) is 0 Å². The molecule has 1 amide bonds. The molecule has 0 saturated heterocycles. The van der Waals surface area contributed by atoms with Crippen LogP contribution in [0.5, 0.6) is 5.75 Å². The second-order valence-corrected chi connectivity index (χ2v) is 5.50. The Morgan fingerprint density at radius 1 is 1.27 bits per heavy atom. The second-order valence-electron chi connectivity index (χ2n) is 5.50. The summed E-state index contributed by atoms with van der Waals surface area (Å²) in [4.78, 5) is 16.1. The largest absolute Gasteiger partial charge is 0.491 e. The highest BCUT2D eigenvalue weighted by atomic mass is 16.5. The van der Waals surface area contributed by atoms with E-state index in [9.17, 15) is 4.79 Å². The van der Waals surface area contributed by atoms with Gasteiger partial charge in [0, 0.05) is 24.5 Å². The molecule has 5 nitrogen and oxygen atoms in total. The molecule has 5 heteroatoms. The minimum atomic E-state index is -0.161. The van der Waals surface area contributed by atoms with Crippen LogP contribution in [0.15, 0.2) is 42.7 Å². The maximum atomic E-state index is 12.2. The molecule has 2 aromatic rings. The first kappa shape index (κ1) is 15.8. The van der Waals surface area contributed by atoms with Gasteiger partial charge in [-0.1, -0.05) is 13.8 Å². The van der Waals surface area contributed by atoms with Crippen molar-refractivity contribution >= 4 is 11.6 Å². The van der Waals surface area contributed by atoms with Crippen molar-refractivity contribution in [2.45, 2.75) is 20.4 Å². The van der Waals surface area contributed by atoms with Gasteiger partial charge in [-0.3, -0.25) is 9.78 Å². The number of nitrogens with zero attached hydrogens (tertiary/aromatic N) is 1. The fourth-order valence-corrected chi connectivity index (χ4v) is 1.84. The Balaban J connectivity index is 2.01. The Morgan fingerprint density at radius 2 is 2.00 bits per heavy atom. The van der Waals surface area contributed by atoms with E-state index in [0.717, 1.165) is 5.56 Å². The minimum Gasteiger partial charge on any atom is -0.491 e. The van der Waals surface area contributed by atoms with Crippen molar-refractivity contribution < 1.29 is 9.53 Å². The molecule has 0 aliphatic carbocycles. The standard InChI is InChI=1S/C17H21N3O2/c1-12(2)11-22-16-9-14(3-4-15(16)18)17(21)20-10-13-5-7-19-8-6-13/h3-9,12H,10-11,18H2,1-2H3,(H,20,21). The third-order valence-corrected chi connectivity index (χ3v) is 3.05. The number of hydrogen-bond donors (Lipinski definition) is 2. The van der Waals surface area contributed by atoms with Gasteiger partial charge in [-0.05, 0) is 41.8 Å². The highest BCUT2D eigenvalue weighted by Gasteiger charge is 2.10. The van der Waals surface area contributed by atoms with Gasteiger partial charge in [0.15, 0.2) is 0 Å². The zero-order valence-corrected chi connectivity index (χ0v) is 12.9. The molecule has 0 radical (unpaired) electrons. The normalized spacial score (nSPS) is 10.5. The fourth-order valence-electron chi connectivity index (χ4n) is 1.84. The van der Waals surface area contributed by atoms with Crippen LogP contribution in [0.3, 0.4) is 0 Å². The molecular weight excluding hydrogens is 278 g/mol. The van der Waals surface area contributed by atoms with Crippen molar-refractivity contribution in [1.82, 2.24) is 10.3 Å². The van der Waals surface area contributed by atoms with Crippen molar-refractivity contribution in [3.8, 4) is 5.75 Å². The first-order valence-corrected chi connectivity index (χ1v) is 7.25. The van der Waals surface area contributed by atoms with E-state index in [1.165, 1.54) is 0 Å². The number of nitrogen functional groups attached to an aromatic ring is 1. The molecule has 0 saturated carbocycles. The summed E-state index contributed by atoms with van der Waals surface area (Å²) in [5, 5.41) is 2.86. The average Bonchev–Trinajstić information content (AvgIpc) is 2.52. The maximum absolute atomic E-state index is 12.2. The summed E-state index contributed by atoms with van der Waals surface area (Å²) in [5.74, 6) is 0.778. The maximum Gasteiger partial charge on any atom is 0.251 e. The molecular formula is C17H21N3O2. The average molecular weight is 299 g/mol. The van der Waals surface area contributed by atoms with Gasteiger partial charge in [0.2, 0.25) is 0 Å². The molecule has 2 rings (SSSR count). The first-order chi connectivity index (χ1) is 10.6. The highest BCUT2D eigenvalue weighted by Crippen LogP contribution is 2.23. The number of nitrogens with two attached hydrogens (primary N) is 1. The van der Waals surface area contributed by atoms with Crippen LogP contribution in [0.1, 0.15) is 29.8 Å². The molecule has 1 aromatic carbocycles. The van der Waals surface area contributed by atoms with Crippen LogP contribution in [-0.4, -0.2) is 17.5 Å². The number of rotatable bonds is 6. The molecule has 3 N–H and O–H groups in total. The Bertz CT molecular complexity index is 627. The highest BCUT2D eigenvalue weighted by molar-refractivity contribution is 5.95. The van der Waals surface area contributed by atoms with Crippen LogP contribution in [0.4, 0.5) is 5.69 Å². The molecule has 0 atom stereocenters. The summed E-state index contributed by atoms with van der Waals surface area (Å²) in [6, 6.07) is 8.79. The van der Waals surface area contributed by atoms with E-state index in [-0.39, 0.29) is 5.91 Å². The van der Waals surface area contributed by atoms with Crippen LogP contribution >= 0.6 is 0 Å². The van der Waals surface area contributed by atoms with Gasteiger partial charge in [-0.25, -0.2) is 0 Å². The van der Waals surface area contributed by atoms with E-state index in [2.05, 4.69) is 24.1 Å². The molecule has 0 bridgehead atoms. The monoisotopic (exact) mass is 299 g/mol. The SMILES string of the molecule is CC(C)COc1cc(C(=O)NCc2ccncc2)ccc1N. The lowest BCUT2D eigenvalue weighted by atomic mass is 10.1. The number of hydrogen-bond acceptors (Lipinski definition) is 4. The van der Waals surface area contributed by atoms with Crippen LogP contribution in [-0.2, 0) is 6.54 Å². The summed E-state index contributed by atoms with van der Waals surface area (Å²) in [7, 11) is 0. The third kappa shape index (κ3) is 4.48. The molecule has 1 aromatic heterocycles. The van der Waals surface area contributed by atoms with Crippen molar-refractivity contribution in [2.75, 3.05) is 12.3 Å². The number of benzene rings is 1. The number of ether oxygens (including phenoxy) is 1. The summed E-state index contributed by atoms with van der Waals surface area (Å²) < 4.78 is 5.64.